The quantitative estimate of drug-likeness (QED) is 0.869. The largest absolute Gasteiger partial charge is 0.496 e. The lowest BCUT2D eigenvalue weighted by molar-refractivity contribution is 0.412. The van der Waals surface area contributed by atoms with Crippen molar-refractivity contribution >= 4 is 15.9 Å². The van der Waals surface area contributed by atoms with E-state index in [0.29, 0.717) is 6.04 Å². The highest BCUT2D eigenvalue weighted by molar-refractivity contribution is 9.10. The van der Waals surface area contributed by atoms with Crippen molar-refractivity contribution in [2.75, 3.05) is 14.2 Å². The number of aryl methyl sites for hydroxylation is 1. The highest BCUT2D eigenvalue weighted by Crippen LogP contribution is 2.34. The van der Waals surface area contributed by atoms with Crippen LogP contribution in [0.5, 0.6) is 5.75 Å². The molecular formula is C14H20BrNO. The Labute approximate surface area is 112 Å². The van der Waals surface area contributed by atoms with Crippen LogP contribution in [0.3, 0.4) is 0 Å². The Morgan fingerprint density at radius 1 is 1.47 bits per heavy atom. The first kappa shape index (κ1) is 12.9. The maximum Gasteiger partial charge on any atom is 0.133 e. The van der Waals surface area contributed by atoms with E-state index in [0.717, 1.165) is 22.6 Å². The van der Waals surface area contributed by atoms with Crippen LogP contribution in [0.1, 0.15) is 24.8 Å². The molecule has 1 atom stereocenters. The average Bonchev–Trinajstić information content (AvgIpc) is 3.14. The monoisotopic (exact) mass is 297 g/mol. The van der Waals surface area contributed by atoms with E-state index in [2.05, 4.69) is 40.4 Å². The second-order valence-electron chi connectivity index (χ2n) is 4.74. The molecule has 3 heteroatoms. The van der Waals surface area contributed by atoms with Gasteiger partial charge in [0, 0.05) is 6.04 Å². The molecule has 0 saturated heterocycles. The SMILES string of the molecule is CNC(CCc1ccc(OC)c(Br)c1)C1CC1. The smallest absolute Gasteiger partial charge is 0.133 e. The summed E-state index contributed by atoms with van der Waals surface area (Å²) in [5, 5.41) is 3.43. The molecule has 1 aromatic carbocycles. The van der Waals surface area contributed by atoms with Crippen molar-refractivity contribution in [2.45, 2.75) is 31.7 Å². The van der Waals surface area contributed by atoms with E-state index in [1.807, 2.05) is 6.07 Å². The van der Waals surface area contributed by atoms with E-state index in [1.54, 1.807) is 7.11 Å². The number of rotatable bonds is 6. The zero-order chi connectivity index (χ0) is 12.3. The highest BCUT2D eigenvalue weighted by atomic mass is 79.9. The molecule has 0 spiro atoms. The van der Waals surface area contributed by atoms with Crippen LogP contribution in [-0.4, -0.2) is 20.2 Å². The first-order valence-corrected chi connectivity index (χ1v) is 7.03. The van der Waals surface area contributed by atoms with E-state index < -0.39 is 0 Å². The fraction of sp³-hybridized carbons (Fsp3) is 0.571. The number of methoxy groups -OCH3 is 1. The minimum Gasteiger partial charge on any atom is -0.496 e. The van der Waals surface area contributed by atoms with Gasteiger partial charge in [0.25, 0.3) is 0 Å². The fourth-order valence-electron chi connectivity index (χ4n) is 2.30. The minimum absolute atomic E-state index is 0.691. The van der Waals surface area contributed by atoms with Crippen LogP contribution >= 0.6 is 15.9 Å². The standard InChI is InChI=1S/C14H20BrNO/c1-16-13(11-5-6-11)7-3-10-4-8-14(17-2)12(15)9-10/h4,8-9,11,13,16H,3,5-7H2,1-2H3. The Balaban J connectivity index is 1.91. The van der Waals surface area contributed by atoms with E-state index in [1.165, 1.54) is 24.8 Å². The van der Waals surface area contributed by atoms with Crippen LogP contribution in [0.4, 0.5) is 0 Å². The summed E-state index contributed by atoms with van der Waals surface area (Å²) in [5.41, 5.74) is 1.37. The molecule has 1 saturated carbocycles. The van der Waals surface area contributed by atoms with E-state index in [9.17, 15) is 0 Å². The summed E-state index contributed by atoms with van der Waals surface area (Å²) in [4.78, 5) is 0. The molecule has 0 bridgehead atoms. The first-order chi connectivity index (χ1) is 8.24. The van der Waals surface area contributed by atoms with E-state index in [-0.39, 0.29) is 0 Å². The molecule has 1 fully saturated rings. The lowest BCUT2D eigenvalue weighted by Crippen LogP contribution is -2.27. The zero-order valence-electron chi connectivity index (χ0n) is 10.5. The Kier molecular flexibility index (Phi) is 4.46. The number of hydrogen-bond acceptors (Lipinski definition) is 2. The molecule has 1 aliphatic rings. The van der Waals surface area contributed by atoms with Crippen LogP contribution in [0.15, 0.2) is 22.7 Å². The average molecular weight is 298 g/mol. The van der Waals surface area contributed by atoms with Crippen LogP contribution < -0.4 is 10.1 Å². The molecule has 0 amide bonds. The number of benzene rings is 1. The van der Waals surface area contributed by atoms with Gasteiger partial charge in [-0.3, -0.25) is 0 Å². The molecule has 1 aliphatic carbocycles. The second kappa shape index (κ2) is 5.87. The molecule has 0 aromatic heterocycles. The number of hydrogen-bond donors (Lipinski definition) is 1. The molecule has 0 radical (unpaired) electrons. The lowest BCUT2D eigenvalue weighted by atomic mass is 10.0. The van der Waals surface area contributed by atoms with Crippen molar-refractivity contribution in [3.63, 3.8) is 0 Å². The number of nitrogens with one attached hydrogen (secondary N) is 1. The summed E-state index contributed by atoms with van der Waals surface area (Å²) in [6, 6.07) is 7.04. The van der Waals surface area contributed by atoms with Gasteiger partial charge in [-0.15, -0.1) is 0 Å². The maximum absolute atomic E-state index is 5.24. The molecular weight excluding hydrogens is 278 g/mol. The van der Waals surface area contributed by atoms with E-state index >= 15 is 0 Å². The van der Waals surface area contributed by atoms with Gasteiger partial charge in [-0.2, -0.15) is 0 Å². The van der Waals surface area contributed by atoms with Gasteiger partial charge >= 0.3 is 0 Å². The highest BCUT2D eigenvalue weighted by Gasteiger charge is 2.29. The third kappa shape index (κ3) is 3.46. The minimum atomic E-state index is 0.691. The van der Waals surface area contributed by atoms with Gasteiger partial charge in [0.1, 0.15) is 5.75 Å². The third-order valence-corrected chi connectivity index (χ3v) is 4.14. The van der Waals surface area contributed by atoms with Gasteiger partial charge in [-0.05, 0) is 72.3 Å². The first-order valence-electron chi connectivity index (χ1n) is 6.24. The van der Waals surface area contributed by atoms with Crippen LogP contribution in [0.2, 0.25) is 0 Å². The number of halogens is 1. The van der Waals surface area contributed by atoms with Crippen molar-refractivity contribution in [1.82, 2.24) is 5.32 Å². The van der Waals surface area contributed by atoms with Crippen molar-refractivity contribution in [1.29, 1.82) is 0 Å². The maximum atomic E-state index is 5.24. The van der Waals surface area contributed by atoms with Crippen molar-refractivity contribution in [3.8, 4) is 5.75 Å². The molecule has 1 unspecified atom stereocenters. The van der Waals surface area contributed by atoms with Gasteiger partial charge < -0.3 is 10.1 Å². The Hall–Kier alpha value is -0.540. The van der Waals surface area contributed by atoms with Crippen LogP contribution in [0, 0.1) is 5.92 Å². The summed E-state index contributed by atoms with van der Waals surface area (Å²) in [6.45, 7) is 0. The lowest BCUT2D eigenvalue weighted by Gasteiger charge is -2.15. The van der Waals surface area contributed by atoms with Gasteiger partial charge in [-0.1, -0.05) is 6.07 Å². The van der Waals surface area contributed by atoms with Gasteiger partial charge in [0.15, 0.2) is 0 Å². The summed E-state index contributed by atoms with van der Waals surface area (Å²) >= 11 is 3.53. The zero-order valence-corrected chi connectivity index (χ0v) is 12.1. The van der Waals surface area contributed by atoms with Crippen molar-refractivity contribution < 1.29 is 4.74 Å². The molecule has 94 valence electrons. The third-order valence-electron chi connectivity index (χ3n) is 3.52. The summed E-state index contributed by atoms with van der Waals surface area (Å²) in [6.07, 6.45) is 5.15. The summed E-state index contributed by atoms with van der Waals surface area (Å²) in [5.74, 6) is 1.82. The molecule has 0 aliphatic heterocycles. The predicted molar refractivity (Wildman–Crippen MR) is 74.6 cm³/mol. The van der Waals surface area contributed by atoms with Crippen LogP contribution in [0.25, 0.3) is 0 Å². The summed E-state index contributed by atoms with van der Waals surface area (Å²) < 4.78 is 6.28. The van der Waals surface area contributed by atoms with Crippen LogP contribution in [-0.2, 0) is 6.42 Å². The topological polar surface area (TPSA) is 21.3 Å². The van der Waals surface area contributed by atoms with Crippen molar-refractivity contribution in [3.05, 3.63) is 28.2 Å². The Morgan fingerprint density at radius 2 is 2.24 bits per heavy atom. The van der Waals surface area contributed by atoms with Crippen molar-refractivity contribution in [2.24, 2.45) is 5.92 Å². The Bertz CT molecular complexity index is 376. The molecule has 2 rings (SSSR count). The molecule has 17 heavy (non-hydrogen) atoms. The molecule has 0 heterocycles. The fourth-order valence-corrected chi connectivity index (χ4v) is 2.89. The normalized spacial score (nSPS) is 16.9. The number of ether oxygens (including phenoxy) is 1. The van der Waals surface area contributed by atoms with Gasteiger partial charge in [0.2, 0.25) is 0 Å². The molecule has 1 aromatic rings. The predicted octanol–water partition coefficient (Wildman–Crippen LogP) is 3.39. The molecule has 2 nitrogen and oxygen atoms in total. The summed E-state index contributed by atoms with van der Waals surface area (Å²) in [7, 11) is 3.77. The Morgan fingerprint density at radius 3 is 2.76 bits per heavy atom. The van der Waals surface area contributed by atoms with Gasteiger partial charge in [-0.25, -0.2) is 0 Å². The van der Waals surface area contributed by atoms with Gasteiger partial charge in [0.05, 0.1) is 11.6 Å². The van der Waals surface area contributed by atoms with E-state index in [4.69, 9.17) is 4.74 Å². The molecule has 1 N–H and O–H groups in total. The second-order valence-corrected chi connectivity index (χ2v) is 5.59.